The lowest BCUT2D eigenvalue weighted by molar-refractivity contribution is 0.0698. The van der Waals surface area contributed by atoms with E-state index in [-0.39, 0.29) is 5.41 Å². The molecule has 5 N–H and O–H groups in total. The van der Waals surface area contributed by atoms with E-state index in [1.165, 1.54) is 0 Å². The first-order valence-corrected chi connectivity index (χ1v) is 8.09. The van der Waals surface area contributed by atoms with Crippen LogP contribution in [0.5, 0.6) is 0 Å². The van der Waals surface area contributed by atoms with Gasteiger partial charge in [0.1, 0.15) is 0 Å². The Bertz CT molecular complexity index is 711. The second-order valence-electron chi connectivity index (χ2n) is 7.00. The summed E-state index contributed by atoms with van der Waals surface area (Å²) in [5, 5.41) is 10.7. The van der Waals surface area contributed by atoms with E-state index in [9.17, 15) is 9.90 Å². The number of rotatable bonds is 6. The zero-order valence-electron chi connectivity index (χ0n) is 14.2. The smallest absolute Gasteiger partial charge is 0.337 e. The maximum absolute atomic E-state index is 11.8. The molecule has 2 aromatic rings. The highest BCUT2D eigenvalue weighted by molar-refractivity contribution is 6.04. The Kier molecular flexibility index (Phi) is 5.12. The van der Waals surface area contributed by atoms with Gasteiger partial charge in [-0.15, -0.1) is 0 Å². The monoisotopic (exact) mass is 317 g/mol. The number of benzene rings is 1. The fourth-order valence-corrected chi connectivity index (χ4v) is 2.91. The minimum atomic E-state index is -0.900. The van der Waals surface area contributed by atoms with Gasteiger partial charge in [0.25, 0.3) is 0 Å². The SMILES string of the molecule is CC(C)(C)c1cc(C(=O)O)c2c(c1)c(CCCN)cn2CCN. The molecule has 5 heteroatoms. The van der Waals surface area contributed by atoms with E-state index in [2.05, 4.69) is 26.8 Å². The Hall–Kier alpha value is -1.85. The van der Waals surface area contributed by atoms with Crippen LogP contribution in [-0.4, -0.2) is 28.7 Å². The van der Waals surface area contributed by atoms with Crippen LogP contribution in [0.25, 0.3) is 10.9 Å². The Morgan fingerprint density at radius 3 is 2.43 bits per heavy atom. The van der Waals surface area contributed by atoms with Crippen molar-refractivity contribution in [3.63, 3.8) is 0 Å². The van der Waals surface area contributed by atoms with Gasteiger partial charge in [-0.25, -0.2) is 4.79 Å². The summed E-state index contributed by atoms with van der Waals surface area (Å²) in [7, 11) is 0. The van der Waals surface area contributed by atoms with Crippen LogP contribution in [0.3, 0.4) is 0 Å². The van der Waals surface area contributed by atoms with Gasteiger partial charge in [-0.3, -0.25) is 0 Å². The standard InChI is InChI=1S/C18H27N3O2/c1-18(2,3)13-9-14-12(5-4-6-19)11-21(8-7-20)16(14)15(10-13)17(22)23/h9-11H,4-8,19-20H2,1-3H3,(H,22,23). The third kappa shape index (κ3) is 3.57. The number of fused-ring (bicyclic) bond motifs is 1. The first-order chi connectivity index (χ1) is 10.8. The van der Waals surface area contributed by atoms with E-state index in [1.807, 2.05) is 10.8 Å². The molecule has 126 valence electrons. The number of nitrogens with zero attached hydrogens (tertiary/aromatic N) is 1. The minimum Gasteiger partial charge on any atom is -0.478 e. The summed E-state index contributed by atoms with van der Waals surface area (Å²) >= 11 is 0. The molecule has 1 aromatic carbocycles. The number of hydrogen-bond donors (Lipinski definition) is 3. The highest BCUT2D eigenvalue weighted by atomic mass is 16.4. The largest absolute Gasteiger partial charge is 0.478 e. The van der Waals surface area contributed by atoms with Crippen molar-refractivity contribution in [3.8, 4) is 0 Å². The van der Waals surface area contributed by atoms with Crippen LogP contribution in [0.15, 0.2) is 18.3 Å². The molecule has 0 aliphatic carbocycles. The van der Waals surface area contributed by atoms with Gasteiger partial charge in [0.15, 0.2) is 0 Å². The summed E-state index contributed by atoms with van der Waals surface area (Å²) in [5.41, 5.74) is 14.5. The normalized spacial score (nSPS) is 12.0. The summed E-state index contributed by atoms with van der Waals surface area (Å²) in [6.07, 6.45) is 3.76. The minimum absolute atomic E-state index is 0.112. The Morgan fingerprint density at radius 1 is 1.22 bits per heavy atom. The highest BCUT2D eigenvalue weighted by Gasteiger charge is 2.22. The molecule has 0 atom stereocenters. The number of aryl methyl sites for hydroxylation is 1. The molecule has 0 aliphatic heterocycles. The van der Waals surface area contributed by atoms with Gasteiger partial charge in [0.05, 0.1) is 11.1 Å². The third-order valence-electron chi connectivity index (χ3n) is 4.17. The second kappa shape index (κ2) is 6.72. The van der Waals surface area contributed by atoms with Crippen LogP contribution < -0.4 is 11.5 Å². The van der Waals surface area contributed by atoms with Gasteiger partial charge in [-0.2, -0.15) is 0 Å². The molecule has 0 bridgehead atoms. The molecule has 0 fully saturated rings. The van der Waals surface area contributed by atoms with E-state index in [4.69, 9.17) is 11.5 Å². The lowest BCUT2D eigenvalue weighted by Gasteiger charge is -2.20. The maximum Gasteiger partial charge on any atom is 0.337 e. The fraction of sp³-hybridized carbons (Fsp3) is 0.500. The molecule has 0 saturated heterocycles. The van der Waals surface area contributed by atoms with Crippen molar-refractivity contribution in [3.05, 3.63) is 35.0 Å². The quantitative estimate of drug-likeness (QED) is 0.763. The molecular weight excluding hydrogens is 290 g/mol. The van der Waals surface area contributed by atoms with E-state index in [1.54, 1.807) is 6.07 Å². The molecule has 2 rings (SSSR count). The van der Waals surface area contributed by atoms with Crippen LogP contribution in [0.2, 0.25) is 0 Å². The first kappa shape index (κ1) is 17.5. The predicted molar refractivity (Wildman–Crippen MR) is 94.0 cm³/mol. The Labute approximate surface area is 137 Å². The average Bonchev–Trinajstić information content (AvgIpc) is 2.81. The summed E-state index contributed by atoms with van der Waals surface area (Å²) in [6, 6.07) is 3.92. The van der Waals surface area contributed by atoms with Gasteiger partial charge in [0, 0.05) is 24.7 Å². The summed E-state index contributed by atoms with van der Waals surface area (Å²) in [6.45, 7) is 7.98. The van der Waals surface area contributed by atoms with E-state index >= 15 is 0 Å². The van der Waals surface area contributed by atoms with Crippen molar-refractivity contribution in [1.82, 2.24) is 4.57 Å². The van der Waals surface area contributed by atoms with Crippen molar-refractivity contribution in [2.45, 2.75) is 45.6 Å². The molecule has 1 heterocycles. The molecule has 5 nitrogen and oxygen atoms in total. The predicted octanol–water partition coefficient (Wildman–Crippen LogP) is 2.49. The topological polar surface area (TPSA) is 94.3 Å². The lowest BCUT2D eigenvalue weighted by Crippen LogP contribution is -2.14. The number of nitrogens with two attached hydrogens (primary N) is 2. The number of hydrogen-bond acceptors (Lipinski definition) is 3. The second-order valence-corrected chi connectivity index (χ2v) is 7.00. The zero-order valence-corrected chi connectivity index (χ0v) is 14.2. The number of carboxylic acid groups (broad SMARTS) is 1. The van der Waals surface area contributed by atoms with Crippen molar-refractivity contribution in [2.24, 2.45) is 11.5 Å². The van der Waals surface area contributed by atoms with Crippen LogP contribution in [-0.2, 0) is 18.4 Å². The maximum atomic E-state index is 11.8. The van der Waals surface area contributed by atoms with Crippen molar-refractivity contribution in [2.75, 3.05) is 13.1 Å². The molecule has 0 saturated carbocycles. The molecule has 23 heavy (non-hydrogen) atoms. The molecule has 0 radical (unpaired) electrons. The van der Waals surface area contributed by atoms with Gasteiger partial charge >= 0.3 is 5.97 Å². The first-order valence-electron chi connectivity index (χ1n) is 8.09. The summed E-state index contributed by atoms with van der Waals surface area (Å²) in [4.78, 5) is 11.8. The molecule has 0 aliphatic rings. The van der Waals surface area contributed by atoms with Crippen molar-refractivity contribution in [1.29, 1.82) is 0 Å². The van der Waals surface area contributed by atoms with Gasteiger partial charge in [-0.1, -0.05) is 20.8 Å². The Morgan fingerprint density at radius 2 is 1.91 bits per heavy atom. The molecule has 0 unspecified atom stereocenters. The highest BCUT2D eigenvalue weighted by Crippen LogP contribution is 2.32. The number of carboxylic acids is 1. The average molecular weight is 317 g/mol. The van der Waals surface area contributed by atoms with Crippen LogP contribution >= 0.6 is 0 Å². The zero-order chi connectivity index (χ0) is 17.2. The number of aromatic carboxylic acids is 1. The molecule has 1 aromatic heterocycles. The van der Waals surface area contributed by atoms with Crippen molar-refractivity contribution >= 4 is 16.9 Å². The van der Waals surface area contributed by atoms with Gasteiger partial charge in [-0.05, 0) is 48.1 Å². The molecule has 0 spiro atoms. The third-order valence-corrected chi connectivity index (χ3v) is 4.17. The summed E-state index contributed by atoms with van der Waals surface area (Å²) < 4.78 is 1.97. The fourth-order valence-electron chi connectivity index (χ4n) is 2.91. The van der Waals surface area contributed by atoms with Crippen molar-refractivity contribution < 1.29 is 9.90 Å². The van der Waals surface area contributed by atoms with E-state index in [0.717, 1.165) is 34.9 Å². The molecular formula is C18H27N3O2. The molecule has 0 amide bonds. The summed E-state index contributed by atoms with van der Waals surface area (Å²) in [5.74, 6) is -0.900. The van der Waals surface area contributed by atoms with E-state index in [0.29, 0.717) is 25.2 Å². The lowest BCUT2D eigenvalue weighted by atomic mass is 9.84. The van der Waals surface area contributed by atoms with Crippen LogP contribution in [0.4, 0.5) is 0 Å². The van der Waals surface area contributed by atoms with Crippen LogP contribution in [0.1, 0.15) is 48.7 Å². The number of carbonyl (C=O) groups is 1. The van der Waals surface area contributed by atoms with Gasteiger partial charge < -0.3 is 21.1 Å². The van der Waals surface area contributed by atoms with Gasteiger partial charge in [0.2, 0.25) is 0 Å². The van der Waals surface area contributed by atoms with E-state index < -0.39 is 5.97 Å². The Balaban J connectivity index is 2.77. The van der Waals surface area contributed by atoms with Crippen LogP contribution in [0, 0.1) is 0 Å². The number of aromatic nitrogens is 1.